The molecule has 0 atom stereocenters. The van der Waals surface area contributed by atoms with Crippen molar-refractivity contribution in [2.24, 2.45) is 0 Å². The van der Waals surface area contributed by atoms with E-state index in [2.05, 4.69) is 59.4 Å². The van der Waals surface area contributed by atoms with Gasteiger partial charge in [-0.3, -0.25) is 0 Å². The third kappa shape index (κ3) is 4.51. The van der Waals surface area contributed by atoms with Crippen molar-refractivity contribution in [2.45, 2.75) is 62.6 Å². The van der Waals surface area contributed by atoms with Crippen LogP contribution in [0.4, 0.5) is 0 Å². The number of hydrogen-bond acceptors (Lipinski definition) is 2. The summed E-state index contributed by atoms with van der Waals surface area (Å²) in [5.74, 6) is 0. The quantitative estimate of drug-likeness (QED) is 0.691. The fourth-order valence-corrected chi connectivity index (χ4v) is 4.43. The largest absolute Gasteiger partial charge is 0.333 e. The Labute approximate surface area is 144 Å². The minimum Gasteiger partial charge on any atom is -0.333 e. The van der Waals surface area contributed by atoms with Gasteiger partial charge in [0.2, 0.25) is 0 Å². The Hall–Kier alpha value is -1.48. The summed E-state index contributed by atoms with van der Waals surface area (Å²) in [6.07, 6.45) is 12.7. The van der Waals surface area contributed by atoms with Gasteiger partial charge in [-0.05, 0) is 50.0 Å². The Morgan fingerprint density at radius 1 is 1.13 bits per heavy atom. The van der Waals surface area contributed by atoms with Gasteiger partial charge in [-0.15, -0.1) is 11.8 Å². The zero-order chi connectivity index (χ0) is 16.1. The summed E-state index contributed by atoms with van der Waals surface area (Å²) in [5, 5.41) is 0.828. The highest BCUT2D eigenvalue weighted by Gasteiger charge is 2.14. The van der Waals surface area contributed by atoms with Crippen LogP contribution in [-0.4, -0.2) is 14.8 Å². The number of rotatable bonds is 5. The van der Waals surface area contributed by atoms with Crippen molar-refractivity contribution in [3.05, 3.63) is 54.1 Å². The van der Waals surface area contributed by atoms with Crippen LogP contribution in [0.3, 0.4) is 0 Å². The first-order chi connectivity index (χ1) is 11.2. The van der Waals surface area contributed by atoms with Crippen LogP contribution in [0.15, 0.2) is 53.5 Å². The van der Waals surface area contributed by atoms with Gasteiger partial charge >= 0.3 is 0 Å². The number of allylic oxidation sites excluding steroid dienone is 2. The van der Waals surface area contributed by atoms with Crippen molar-refractivity contribution in [3.63, 3.8) is 0 Å². The van der Waals surface area contributed by atoms with Crippen LogP contribution < -0.4 is 0 Å². The van der Waals surface area contributed by atoms with Crippen molar-refractivity contribution in [2.75, 3.05) is 0 Å². The van der Waals surface area contributed by atoms with Gasteiger partial charge < -0.3 is 4.57 Å². The molecule has 0 radical (unpaired) electrons. The Morgan fingerprint density at radius 3 is 2.52 bits per heavy atom. The van der Waals surface area contributed by atoms with E-state index in [4.69, 9.17) is 0 Å². The van der Waals surface area contributed by atoms with Gasteiger partial charge in [0, 0.05) is 29.1 Å². The van der Waals surface area contributed by atoms with E-state index in [9.17, 15) is 0 Å². The molecule has 0 bridgehead atoms. The molecule has 0 N–H and O–H groups in total. The minimum absolute atomic E-state index is 0.828. The lowest BCUT2D eigenvalue weighted by Crippen LogP contribution is -2.07. The number of aromatic nitrogens is 2. The third-order valence-corrected chi connectivity index (χ3v) is 6.11. The van der Waals surface area contributed by atoms with Crippen LogP contribution in [0.2, 0.25) is 0 Å². The van der Waals surface area contributed by atoms with Gasteiger partial charge in [0.1, 0.15) is 0 Å². The smallest absolute Gasteiger partial charge is 0.0948 e. The molecule has 0 amide bonds. The summed E-state index contributed by atoms with van der Waals surface area (Å²) in [6.45, 7) is 5.33. The maximum Gasteiger partial charge on any atom is 0.0948 e. The van der Waals surface area contributed by atoms with Crippen molar-refractivity contribution in [3.8, 4) is 0 Å². The Kier molecular flexibility index (Phi) is 5.60. The lowest BCUT2D eigenvalue weighted by molar-refractivity contribution is 0.516. The van der Waals surface area contributed by atoms with E-state index in [0.29, 0.717) is 0 Å². The SMILES string of the molecule is CC(Cn1ccnc1)=C(C)c1ccc(SC2CCCCC2)cc1. The molecule has 0 spiro atoms. The summed E-state index contributed by atoms with van der Waals surface area (Å²) in [7, 11) is 0. The zero-order valence-electron chi connectivity index (χ0n) is 14.2. The van der Waals surface area contributed by atoms with Crippen LogP contribution in [0.1, 0.15) is 51.5 Å². The summed E-state index contributed by atoms with van der Waals surface area (Å²) in [4.78, 5) is 5.53. The Balaban J connectivity index is 1.65. The molecule has 1 aliphatic rings. The molecule has 1 aliphatic carbocycles. The number of hydrogen-bond donors (Lipinski definition) is 0. The van der Waals surface area contributed by atoms with E-state index >= 15 is 0 Å². The molecule has 3 rings (SSSR count). The third-order valence-electron chi connectivity index (χ3n) is 4.76. The molecule has 0 aliphatic heterocycles. The zero-order valence-corrected chi connectivity index (χ0v) is 15.0. The highest BCUT2D eigenvalue weighted by Crippen LogP contribution is 2.34. The summed E-state index contributed by atoms with van der Waals surface area (Å²) in [5.41, 5.74) is 4.08. The number of nitrogens with zero attached hydrogens (tertiary/aromatic N) is 2. The molecule has 1 fully saturated rings. The second kappa shape index (κ2) is 7.87. The van der Waals surface area contributed by atoms with Gasteiger partial charge in [0.15, 0.2) is 0 Å². The Morgan fingerprint density at radius 2 is 1.87 bits per heavy atom. The molecule has 2 aromatic rings. The maximum atomic E-state index is 4.11. The van der Waals surface area contributed by atoms with Crippen molar-refractivity contribution < 1.29 is 0 Å². The molecule has 122 valence electrons. The van der Waals surface area contributed by atoms with E-state index < -0.39 is 0 Å². The lowest BCUT2D eigenvalue weighted by Gasteiger charge is -2.21. The van der Waals surface area contributed by atoms with E-state index in [1.54, 1.807) is 0 Å². The maximum absolute atomic E-state index is 4.11. The molecule has 1 saturated carbocycles. The average molecular weight is 327 g/mol. The van der Waals surface area contributed by atoms with Crippen LogP contribution in [0, 0.1) is 0 Å². The van der Waals surface area contributed by atoms with Crippen LogP contribution >= 0.6 is 11.8 Å². The molecule has 23 heavy (non-hydrogen) atoms. The molecule has 3 heteroatoms. The van der Waals surface area contributed by atoms with Gasteiger partial charge in [0.25, 0.3) is 0 Å². The second-order valence-electron chi connectivity index (χ2n) is 6.54. The number of imidazole rings is 1. The highest BCUT2D eigenvalue weighted by molar-refractivity contribution is 8.00. The fraction of sp³-hybridized carbons (Fsp3) is 0.450. The first kappa shape index (κ1) is 16.4. The fourth-order valence-electron chi connectivity index (χ4n) is 3.18. The van der Waals surface area contributed by atoms with Gasteiger partial charge in [-0.1, -0.05) is 37.0 Å². The molecule has 1 aromatic carbocycles. The van der Waals surface area contributed by atoms with E-state index in [0.717, 1.165) is 11.8 Å². The molecule has 0 unspecified atom stereocenters. The molecular formula is C20H26N2S. The summed E-state index contributed by atoms with van der Waals surface area (Å²) >= 11 is 2.07. The van der Waals surface area contributed by atoms with E-state index in [1.807, 2.05) is 18.7 Å². The predicted molar refractivity (Wildman–Crippen MR) is 99.7 cm³/mol. The molecule has 1 heterocycles. The van der Waals surface area contributed by atoms with E-state index in [1.165, 1.54) is 53.7 Å². The molecule has 1 aromatic heterocycles. The van der Waals surface area contributed by atoms with Crippen LogP contribution in [0.25, 0.3) is 5.57 Å². The van der Waals surface area contributed by atoms with Crippen molar-refractivity contribution in [1.29, 1.82) is 0 Å². The first-order valence-electron chi connectivity index (χ1n) is 8.61. The van der Waals surface area contributed by atoms with Gasteiger partial charge in [-0.2, -0.15) is 0 Å². The van der Waals surface area contributed by atoms with Gasteiger partial charge in [0.05, 0.1) is 6.33 Å². The minimum atomic E-state index is 0.828. The lowest BCUT2D eigenvalue weighted by atomic mass is 10.0. The van der Waals surface area contributed by atoms with Crippen LogP contribution in [0.5, 0.6) is 0 Å². The first-order valence-corrected chi connectivity index (χ1v) is 9.49. The van der Waals surface area contributed by atoms with Crippen molar-refractivity contribution in [1.82, 2.24) is 9.55 Å². The molecule has 2 nitrogen and oxygen atoms in total. The standard InChI is InChI=1S/C20H26N2S/c1-16(14-22-13-12-21-15-22)17(2)18-8-10-20(11-9-18)23-19-6-4-3-5-7-19/h8-13,15,19H,3-7,14H2,1-2H3. The predicted octanol–water partition coefficient (Wildman–Crippen LogP) is 5.80. The monoisotopic (exact) mass is 326 g/mol. The highest BCUT2D eigenvalue weighted by atomic mass is 32.2. The topological polar surface area (TPSA) is 17.8 Å². The second-order valence-corrected chi connectivity index (χ2v) is 7.92. The Bertz CT molecular complexity index is 635. The number of benzene rings is 1. The average Bonchev–Trinajstić information content (AvgIpc) is 3.09. The number of thioether (sulfide) groups is 1. The normalized spacial score (nSPS) is 17.1. The van der Waals surface area contributed by atoms with Crippen LogP contribution in [-0.2, 0) is 6.54 Å². The van der Waals surface area contributed by atoms with Gasteiger partial charge in [-0.25, -0.2) is 4.98 Å². The molecular weight excluding hydrogens is 300 g/mol. The molecule has 0 saturated heterocycles. The summed E-state index contributed by atoms with van der Waals surface area (Å²) in [6, 6.07) is 9.14. The van der Waals surface area contributed by atoms with E-state index in [-0.39, 0.29) is 0 Å². The summed E-state index contributed by atoms with van der Waals surface area (Å²) < 4.78 is 2.12. The van der Waals surface area contributed by atoms with Crippen molar-refractivity contribution >= 4 is 17.3 Å².